The number of esters is 1. The van der Waals surface area contributed by atoms with Crippen LogP contribution in [0.4, 0.5) is 5.69 Å². The first-order chi connectivity index (χ1) is 14.7. The van der Waals surface area contributed by atoms with E-state index >= 15 is 0 Å². The molecule has 7 nitrogen and oxygen atoms in total. The molecule has 0 aliphatic carbocycles. The Kier molecular flexibility index (Phi) is 6.04. The van der Waals surface area contributed by atoms with Crippen LogP contribution in [-0.4, -0.2) is 41.6 Å². The van der Waals surface area contributed by atoms with Gasteiger partial charge in [-0.15, -0.1) is 11.3 Å². The molecule has 0 N–H and O–H groups in total. The van der Waals surface area contributed by atoms with Crippen molar-refractivity contribution in [2.24, 2.45) is 0 Å². The Hall–Kier alpha value is -3.26. The highest BCUT2D eigenvalue weighted by atomic mass is 32.1. The van der Waals surface area contributed by atoms with Crippen LogP contribution in [0.5, 0.6) is 5.75 Å². The maximum atomic E-state index is 12.4. The number of amides is 1. The zero-order valence-electron chi connectivity index (χ0n) is 16.5. The second kappa shape index (κ2) is 9.04. The van der Waals surface area contributed by atoms with E-state index < -0.39 is 5.97 Å². The molecule has 4 rings (SSSR count). The molecule has 1 aromatic carbocycles. The second-order valence-electron chi connectivity index (χ2n) is 6.78. The smallest absolute Gasteiger partial charge is 0.326 e. The number of rotatable bonds is 7. The third-order valence-corrected chi connectivity index (χ3v) is 5.50. The van der Waals surface area contributed by atoms with Crippen molar-refractivity contribution in [2.75, 3.05) is 24.7 Å². The maximum Gasteiger partial charge on any atom is 0.326 e. The molecule has 0 spiro atoms. The van der Waals surface area contributed by atoms with Gasteiger partial charge in [0.25, 0.3) is 5.91 Å². The summed E-state index contributed by atoms with van der Waals surface area (Å²) in [6, 6.07) is 11.2. The predicted molar refractivity (Wildman–Crippen MR) is 114 cm³/mol. The van der Waals surface area contributed by atoms with Gasteiger partial charge in [-0.25, -0.2) is 4.98 Å². The molecule has 3 aromatic rings. The molecule has 1 amide bonds. The summed E-state index contributed by atoms with van der Waals surface area (Å²) in [5.41, 5.74) is 2.95. The van der Waals surface area contributed by atoms with Crippen LogP contribution >= 0.6 is 11.3 Å². The predicted octanol–water partition coefficient (Wildman–Crippen LogP) is 3.94. The highest BCUT2D eigenvalue weighted by molar-refractivity contribution is 7.13. The lowest BCUT2D eigenvalue weighted by molar-refractivity contribution is -0.143. The Morgan fingerprint density at radius 1 is 1.27 bits per heavy atom. The molecule has 0 unspecified atom stereocenters. The third kappa shape index (κ3) is 4.33. The first-order valence-corrected chi connectivity index (χ1v) is 10.6. The molecule has 0 atom stereocenters. The molecule has 0 saturated heterocycles. The first kappa shape index (κ1) is 20.0. The van der Waals surface area contributed by atoms with Gasteiger partial charge in [0.1, 0.15) is 17.3 Å². The van der Waals surface area contributed by atoms with Gasteiger partial charge >= 0.3 is 5.97 Å². The molecule has 0 bridgehead atoms. The van der Waals surface area contributed by atoms with Gasteiger partial charge in [0.2, 0.25) is 0 Å². The van der Waals surface area contributed by atoms with Gasteiger partial charge in [-0.05, 0) is 36.8 Å². The van der Waals surface area contributed by atoms with Gasteiger partial charge in [0, 0.05) is 17.1 Å². The number of unbranched alkanes of at least 4 members (excludes halogenated alkanes) is 1. The molecule has 8 heteroatoms. The first-order valence-electron chi connectivity index (χ1n) is 9.76. The summed E-state index contributed by atoms with van der Waals surface area (Å²) in [5, 5.41) is 2.76. The van der Waals surface area contributed by atoms with Gasteiger partial charge in [0.15, 0.2) is 6.61 Å². The van der Waals surface area contributed by atoms with Gasteiger partial charge < -0.3 is 9.47 Å². The van der Waals surface area contributed by atoms with Crippen molar-refractivity contribution < 1.29 is 19.1 Å². The molecular formula is C22H21N3O4S. The minimum absolute atomic E-state index is 0.102. The summed E-state index contributed by atoms with van der Waals surface area (Å²) < 4.78 is 10.8. The Bertz CT molecular complexity index is 1050. The van der Waals surface area contributed by atoms with E-state index in [2.05, 4.69) is 9.97 Å². The summed E-state index contributed by atoms with van der Waals surface area (Å²) >= 11 is 1.50. The van der Waals surface area contributed by atoms with Crippen LogP contribution in [0.2, 0.25) is 0 Å². The van der Waals surface area contributed by atoms with Crippen LogP contribution in [0.3, 0.4) is 0 Å². The largest absolute Gasteiger partial charge is 0.482 e. The number of ether oxygens (including phenoxy) is 2. The Morgan fingerprint density at radius 3 is 2.97 bits per heavy atom. The molecule has 0 saturated carbocycles. The number of anilines is 1. The fraction of sp³-hybridized carbons (Fsp3) is 0.273. The van der Waals surface area contributed by atoms with Crippen molar-refractivity contribution in [3.8, 4) is 27.7 Å². The number of carbonyl (C=O) groups excluding carboxylic acids is 2. The van der Waals surface area contributed by atoms with Gasteiger partial charge in [0.05, 0.1) is 23.7 Å². The molecule has 30 heavy (non-hydrogen) atoms. The Balaban J connectivity index is 1.58. The van der Waals surface area contributed by atoms with E-state index in [0.29, 0.717) is 18.0 Å². The average molecular weight is 423 g/mol. The number of hydrogen-bond donors (Lipinski definition) is 0. The number of thiazole rings is 1. The van der Waals surface area contributed by atoms with Crippen molar-refractivity contribution >= 4 is 28.9 Å². The molecular weight excluding hydrogens is 402 g/mol. The standard InChI is InChI=1S/C22H21N3O4S/c1-2-3-10-28-21(27)12-25-18-11-15(7-8-19(18)29-13-20(25)26)17-14-30-22(24-17)16-6-4-5-9-23-16/h4-9,11,14H,2-3,10,12-13H2,1H3. The quantitative estimate of drug-likeness (QED) is 0.423. The molecule has 1 aliphatic rings. The number of hydrogen-bond acceptors (Lipinski definition) is 7. The number of nitrogens with zero attached hydrogens (tertiary/aromatic N) is 3. The fourth-order valence-corrected chi connectivity index (χ4v) is 3.86. The third-order valence-electron chi connectivity index (χ3n) is 4.63. The summed E-state index contributed by atoms with van der Waals surface area (Å²) in [5.74, 6) is -0.152. The van der Waals surface area contributed by atoms with E-state index in [1.54, 1.807) is 12.3 Å². The van der Waals surface area contributed by atoms with Crippen molar-refractivity contribution in [3.05, 3.63) is 48.0 Å². The van der Waals surface area contributed by atoms with E-state index in [4.69, 9.17) is 9.47 Å². The number of fused-ring (bicyclic) bond motifs is 1. The summed E-state index contributed by atoms with van der Waals surface area (Å²) in [4.78, 5) is 35.0. The van der Waals surface area contributed by atoms with Crippen molar-refractivity contribution in [1.82, 2.24) is 9.97 Å². The van der Waals surface area contributed by atoms with E-state index in [1.807, 2.05) is 42.6 Å². The lowest BCUT2D eigenvalue weighted by Gasteiger charge is -2.29. The maximum absolute atomic E-state index is 12.4. The lowest BCUT2D eigenvalue weighted by Crippen LogP contribution is -2.42. The van der Waals surface area contributed by atoms with Gasteiger partial charge in [-0.1, -0.05) is 19.4 Å². The lowest BCUT2D eigenvalue weighted by atomic mass is 10.1. The van der Waals surface area contributed by atoms with Crippen molar-refractivity contribution in [1.29, 1.82) is 0 Å². The van der Waals surface area contributed by atoms with Gasteiger partial charge in [-0.2, -0.15) is 0 Å². The monoisotopic (exact) mass is 423 g/mol. The van der Waals surface area contributed by atoms with E-state index in [-0.39, 0.29) is 19.1 Å². The molecule has 2 aromatic heterocycles. The van der Waals surface area contributed by atoms with Gasteiger partial charge in [-0.3, -0.25) is 19.5 Å². The molecule has 3 heterocycles. The summed E-state index contributed by atoms with van der Waals surface area (Å²) in [6.07, 6.45) is 3.46. The SMILES string of the molecule is CCCCOC(=O)CN1C(=O)COc2ccc(-c3csc(-c4ccccn4)n3)cc21. The fourth-order valence-electron chi connectivity index (χ4n) is 3.05. The van der Waals surface area contributed by atoms with Crippen LogP contribution < -0.4 is 9.64 Å². The number of aromatic nitrogens is 2. The van der Waals surface area contributed by atoms with Crippen LogP contribution in [0, 0.1) is 0 Å². The summed E-state index contributed by atoms with van der Waals surface area (Å²) in [7, 11) is 0. The van der Waals surface area contributed by atoms with E-state index in [1.165, 1.54) is 16.2 Å². The topological polar surface area (TPSA) is 81.6 Å². The number of benzene rings is 1. The zero-order valence-corrected chi connectivity index (χ0v) is 17.4. The molecule has 0 radical (unpaired) electrons. The number of carbonyl (C=O) groups is 2. The minimum atomic E-state index is -0.429. The van der Waals surface area contributed by atoms with Crippen molar-refractivity contribution in [2.45, 2.75) is 19.8 Å². The Labute approximate surface area is 178 Å². The van der Waals surface area contributed by atoms with E-state index in [0.717, 1.165) is 34.8 Å². The van der Waals surface area contributed by atoms with Crippen LogP contribution in [0.1, 0.15) is 19.8 Å². The average Bonchev–Trinajstić information content (AvgIpc) is 3.27. The van der Waals surface area contributed by atoms with E-state index in [9.17, 15) is 9.59 Å². The molecule has 1 aliphatic heterocycles. The molecule has 154 valence electrons. The summed E-state index contributed by atoms with van der Waals surface area (Å²) in [6.45, 7) is 2.14. The van der Waals surface area contributed by atoms with Crippen molar-refractivity contribution in [3.63, 3.8) is 0 Å². The zero-order chi connectivity index (χ0) is 20.9. The molecule has 0 fully saturated rings. The second-order valence-corrected chi connectivity index (χ2v) is 7.64. The Morgan fingerprint density at radius 2 is 2.17 bits per heavy atom. The van der Waals surface area contributed by atoms with Crippen LogP contribution in [0.25, 0.3) is 22.0 Å². The number of pyridine rings is 1. The highest BCUT2D eigenvalue weighted by Crippen LogP contribution is 2.37. The normalized spacial score (nSPS) is 13.0. The highest BCUT2D eigenvalue weighted by Gasteiger charge is 2.28. The minimum Gasteiger partial charge on any atom is -0.482 e. The van der Waals surface area contributed by atoms with Crippen LogP contribution in [-0.2, 0) is 14.3 Å². The van der Waals surface area contributed by atoms with Crippen LogP contribution in [0.15, 0.2) is 48.0 Å².